The monoisotopic (exact) mass is 393 g/mol. The molecule has 8 heteroatoms. The van der Waals surface area contributed by atoms with E-state index in [-0.39, 0.29) is 12.1 Å². The first-order chi connectivity index (χ1) is 14.0. The SMILES string of the molecule is COc1ccc(-c2cc(C(=O)OCC(=O)NCC(N)=O)c3ccccc3n2)cc1. The van der Waals surface area contributed by atoms with Crippen molar-refractivity contribution < 1.29 is 23.9 Å². The summed E-state index contributed by atoms with van der Waals surface area (Å²) in [6, 6.07) is 16.0. The Morgan fingerprint density at radius 2 is 1.79 bits per heavy atom. The van der Waals surface area contributed by atoms with Crippen molar-refractivity contribution in [2.75, 3.05) is 20.3 Å². The van der Waals surface area contributed by atoms with Crippen LogP contribution in [-0.2, 0) is 14.3 Å². The van der Waals surface area contributed by atoms with Gasteiger partial charge in [-0.15, -0.1) is 0 Å². The van der Waals surface area contributed by atoms with Gasteiger partial charge in [-0.2, -0.15) is 0 Å². The molecule has 2 aromatic carbocycles. The second-order valence-electron chi connectivity index (χ2n) is 6.12. The number of carbonyl (C=O) groups excluding carboxylic acids is 3. The summed E-state index contributed by atoms with van der Waals surface area (Å²) in [4.78, 5) is 39.6. The number of nitrogens with zero attached hydrogens (tertiary/aromatic N) is 1. The van der Waals surface area contributed by atoms with Gasteiger partial charge in [0.15, 0.2) is 6.61 Å². The summed E-state index contributed by atoms with van der Waals surface area (Å²) in [5.41, 5.74) is 7.24. The number of hydrogen-bond donors (Lipinski definition) is 2. The molecule has 148 valence electrons. The summed E-state index contributed by atoms with van der Waals surface area (Å²) in [5.74, 6) is -1.27. The van der Waals surface area contributed by atoms with E-state index in [1.165, 1.54) is 0 Å². The number of amides is 2. The fraction of sp³-hybridized carbons (Fsp3) is 0.143. The van der Waals surface area contributed by atoms with E-state index in [9.17, 15) is 14.4 Å². The third-order valence-electron chi connectivity index (χ3n) is 4.12. The number of rotatable bonds is 7. The average Bonchev–Trinajstić information content (AvgIpc) is 2.75. The van der Waals surface area contributed by atoms with Gasteiger partial charge < -0.3 is 20.5 Å². The normalized spacial score (nSPS) is 10.4. The Morgan fingerprint density at radius 1 is 1.07 bits per heavy atom. The maximum Gasteiger partial charge on any atom is 0.339 e. The highest BCUT2D eigenvalue weighted by Crippen LogP contribution is 2.26. The van der Waals surface area contributed by atoms with Crippen molar-refractivity contribution in [3.8, 4) is 17.0 Å². The van der Waals surface area contributed by atoms with Crippen LogP contribution in [0.1, 0.15) is 10.4 Å². The van der Waals surface area contributed by atoms with Crippen LogP contribution in [0.5, 0.6) is 5.75 Å². The molecule has 3 N–H and O–H groups in total. The minimum Gasteiger partial charge on any atom is -0.497 e. The van der Waals surface area contributed by atoms with Crippen molar-refractivity contribution >= 4 is 28.7 Å². The Balaban J connectivity index is 1.88. The lowest BCUT2D eigenvalue weighted by atomic mass is 10.0. The molecule has 0 atom stereocenters. The molecular weight excluding hydrogens is 374 g/mol. The molecule has 3 aromatic rings. The van der Waals surface area contributed by atoms with E-state index in [0.29, 0.717) is 22.3 Å². The quantitative estimate of drug-likeness (QED) is 0.589. The van der Waals surface area contributed by atoms with Crippen molar-refractivity contribution in [3.63, 3.8) is 0 Å². The van der Waals surface area contributed by atoms with Gasteiger partial charge in [0.25, 0.3) is 5.91 Å². The number of nitrogens with two attached hydrogens (primary N) is 1. The minimum atomic E-state index is -0.686. The summed E-state index contributed by atoms with van der Waals surface area (Å²) in [6.45, 7) is -0.850. The van der Waals surface area contributed by atoms with Gasteiger partial charge in [-0.05, 0) is 36.4 Å². The number of hydrogen-bond acceptors (Lipinski definition) is 6. The second-order valence-corrected chi connectivity index (χ2v) is 6.12. The minimum absolute atomic E-state index is 0.282. The first kappa shape index (κ1) is 19.8. The lowest BCUT2D eigenvalue weighted by Crippen LogP contribution is -2.36. The van der Waals surface area contributed by atoms with Crippen LogP contribution in [0.25, 0.3) is 22.2 Å². The standard InChI is InChI=1S/C21H19N3O5/c1-28-14-8-6-13(7-9-14)18-10-16(15-4-2-3-5-17(15)24-18)21(27)29-12-20(26)23-11-19(22)25/h2-10H,11-12H2,1H3,(H2,22,25)(H,23,26). The van der Waals surface area contributed by atoms with Crippen LogP contribution in [0.2, 0.25) is 0 Å². The predicted octanol–water partition coefficient (Wildman–Crippen LogP) is 1.67. The molecule has 0 saturated heterocycles. The van der Waals surface area contributed by atoms with E-state index in [4.69, 9.17) is 15.2 Å². The van der Waals surface area contributed by atoms with Crippen LogP contribution in [0.4, 0.5) is 0 Å². The lowest BCUT2D eigenvalue weighted by molar-refractivity contribution is -0.127. The van der Waals surface area contributed by atoms with Crippen LogP contribution < -0.4 is 15.8 Å². The van der Waals surface area contributed by atoms with Gasteiger partial charge in [0.05, 0.1) is 30.4 Å². The predicted molar refractivity (Wildman–Crippen MR) is 106 cm³/mol. The van der Waals surface area contributed by atoms with E-state index in [1.54, 1.807) is 43.5 Å². The van der Waals surface area contributed by atoms with Crippen LogP contribution in [0.3, 0.4) is 0 Å². The van der Waals surface area contributed by atoms with Crippen molar-refractivity contribution in [1.29, 1.82) is 0 Å². The van der Waals surface area contributed by atoms with Crippen molar-refractivity contribution in [1.82, 2.24) is 10.3 Å². The lowest BCUT2D eigenvalue weighted by Gasteiger charge is -2.10. The zero-order valence-corrected chi connectivity index (χ0v) is 15.7. The second kappa shape index (κ2) is 8.83. The number of aromatic nitrogens is 1. The zero-order valence-electron chi connectivity index (χ0n) is 15.7. The van der Waals surface area contributed by atoms with Crippen molar-refractivity contribution in [2.24, 2.45) is 5.73 Å². The number of benzene rings is 2. The molecule has 0 aliphatic rings. The van der Waals surface area contributed by atoms with Gasteiger partial charge in [-0.25, -0.2) is 9.78 Å². The molecule has 8 nitrogen and oxygen atoms in total. The van der Waals surface area contributed by atoms with E-state index >= 15 is 0 Å². The number of carbonyl (C=O) groups is 3. The topological polar surface area (TPSA) is 121 Å². The molecular formula is C21H19N3O5. The highest BCUT2D eigenvalue weighted by Gasteiger charge is 2.16. The van der Waals surface area contributed by atoms with Crippen LogP contribution >= 0.6 is 0 Å². The Hall–Kier alpha value is -3.94. The van der Waals surface area contributed by atoms with Crippen molar-refractivity contribution in [3.05, 3.63) is 60.2 Å². The summed E-state index contributed by atoms with van der Waals surface area (Å²) >= 11 is 0. The molecule has 29 heavy (non-hydrogen) atoms. The van der Waals surface area contributed by atoms with Gasteiger partial charge in [-0.3, -0.25) is 9.59 Å². The number of esters is 1. The Kier molecular flexibility index (Phi) is 6.03. The first-order valence-electron chi connectivity index (χ1n) is 8.74. The number of nitrogens with one attached hydrogen (secondary N) is 1. The van der Waals surface area contributed by atoms with Gasteiger partial charge in [0, 0.05) is 10.9 Å². The molecule has 1 aromatic heterocycles. The summed E-state index contributed by atoms with van der Waals surface area (Å²) in [7, 11) is 1.58. The largest absolute Gasteiger partial charge is 0.497 e. The van der Waals surface area contributed by atoms with Gasteiger partial charge in [0.2, 0.25) is 5.91 Å². The Labute approximate surface area is 166 Å². The van der Waals surface area contributed by atoms with E-state index in [0.717, 1.165) is 5.56 Å². The van der Waals surface area contributed by atoms with Crippen LogP contribution in [0.15, 0.2) is 54.6 Å². The Morgan fingerprint density at radius 3 is 2.48 bits per heavy atom. The van der Waals surface area contributed by atoms with Crippen molar-refractivity contribution in [2.45, 2.75) is 0 Å². The zero-order chi connectivity index (χ0) is 20.8. The van der Waals surface area contributed by atoms with Crippen LogP contribution in [-0.4, -0.2) is 43.0 Å². The fourth-order valence-electron chi connectivity index (χ4n) is 2.70. The number of ether oxygens (including phenoxy) is 2. The molecule has 0 spiro atoms. The molecule has 0 aliphatic carbocycles. The Bertz CT molecular complexity index is 1060. The number of para-hydroxylation sites is 1. The summed E-state index contributed by atoms with van der Waals surface area (Å²) < 4.78 is 10.3. The number of methoxy groups -OCH3 is 1. The molecule has 0 bridgehead atoms. The molecule has 0 fully saturated rings. The highest BCUT2D eigenvalue weighted by atomic mass is 16.5. The molecule has 0 saturated carbocycles. The molecule has 0 radical (unpaired) electrons. The van der Waals surface area contributed by atoms with E-state index in [1.807, 2.05) is 18.2 Å². The number of pyridine rings is 1. The fourth-order valence-corrected chi connectivity index (χ4v) is 2.70. The molecule has 0 aliphatic heterocycles. The number of primary amides is 1. The highest BCUT2D eigenvalue weighted by molar-refractivity contribution is 6.05. The molecule has 1 heterocycles. The third kappa shape index (κ3) is 4.86. The number of fused-ring (bicyclic) bond motifs is 1. The van der Waals surface area contributed by atoms with Crippen LogP contribution in [0, 0.1) is 0 Å². The molecule has 0 unspecified atom stereocenters. The van der Waals surface area contributed by atoms with E-state index < -0.39 is 24.4 Å². The summed E-state index contributed by atoms with van der Waals surface area (Å²) in [5, 5.41) is 2.86. The maximum atomic E-state index is 12.6. The third-order valence-corrected chi connectivity index (χ3v) is 4.12. The first-order valence-corrected chi connectivity index (χ1v) is 8.74. The smallest absolute Gasteiger partial charge is 0.339 e. The average molecular weight is 393 g/mol. The van der Waals surface area contributed by atoms with E-state index in [2.05, 4.69) is 10.3 Å². The van der Waals surface area contributed by atoms with Gasteiger partial charge >= 0.3 is 5.97 Å². The van der Waals surface area contributed by atoms with Gasteiger partial charge in [0.1, 0.15) is 5.75 Å². The summed E-state index contributed by atoms with van der Waals surface area (Å²) in [6.07, 6.45) is 0. The molecule has 3 rings (SSSR count). The van der Waals surface area contributed by atoms with Gasteiger partial charge in [-0.1, -0.05) is 18.2 Å². The molecule has 2 amide bonds. The maximum absolute atomic E-state index is 12.6.